The Morgan fingerprint density at radius 3 is 2.61 bits per heavy atom. The monoisotopic (exact) mass is 267 g/mol. The Hall–Kier alpha value is -0.770. The average Bonchev–Trinajstić information content (AvgIpc) is 2.28. The molecule has 4 heteroatoms. The molecule has 0 aliphatic carbocycles. The molecule has 0 aromatic carbocycles. The summed E-state index contributed by atoms with van der Waals surface area (Å²) in [4.78, 5) is 9.03. The molecule has 18 heavy (non-hydrogen) atoms. The molecule has 0 aliphatic heterocycles. The topological polar surface area (TPSA) is 37.8 Å². The summed E-state index contributed by atoms with van der Waals surface area (Å²) in [5, 5.41) is 3.47. The molecule has 3 nitrogen and oxygen atoms in total. The summed E-state index contributed by atoms with van der Waals surface area (Å²) in [6, 6.07) is 2.48. The van der Waals surface area contributed by atoms with Gasteiger partial charge >= 0.3 is 0 Å². The second-order valence-electron chi connectivity index (χ2n) is 4.94. The van der Waals surface area contributed by atoms with Gasteiger partial charge in [-0.3, -0.25) is 0 Å². The van der Waals surface area contributed by atoms with E-state index in [1.54, 1.807) is 0 Å². The van der Waals surface area contributed by atoms with Crippen LogP contribution >= 0.6 is 11.8 Å². The SMILES string of the molecule is CCSCCC(C)Nc1cc(C)nc(C(C)C)n1. The quantitative estimate of drug-likeness (QED) is 0.761. The van der Waals surface area contributed by atoms with Crippen LogP contribution in [0.1, 0.15) is 51.6 Å². The van der Waals surface area contributed by atoms with Gasteiger partial charge in [0.15, 0.2) is 0 Å². The van der Waals surface area contributed by atoms with Crippen LogP contribution in [0.15, 0.2) is 6.07 Å². The van der Waals surface area contributed by atoms with E-state index in [0.29, 0.717) is 12.0 Å². The van der Waals surface area contributed by atoms with Gasteiger partial charge < -0.3 is 5.32 Å². The molecule has 0 fully saturated rings. The third-order valence-electron chi connectivity index (χ3n) is 2.68. The lowest BCUT2D eigenvalue weighted by Gasteiger charge is -2.16. The molecule has 1 atom stereocenters. The maximum atomic E-state index is 4.57. The van der Waals surface area contributed by atoms with Crippen molar-refractivity contribution < 1.29 is 0 Å². The average molecular weight is 267 g/mol. The van der Waals surface area contributed by atoms with Crippen molar-refractivity contribution in [3.05, 3.63) is 17.6 Å². The molecular formula is C14H25N3S. The van der Waals surface area contributed by atoms with Gasteiger partial charge in [0.1, 0.15) is 11.6 Å². The van der Waals surface area contributed by atoms with Crippen LogP contribution in [-0.4, -0.2) is 27.5 Å². The van der Waals surface area contributed by atoms with Crippen molar-refractivity contribution in [2.75, 3.05) is 16.8 Å². The van der Waals surface area contributed by atoms with Crippen molar-refractivity contribution in [1.82, 2.24) is 9.97 Å². The molecule has 0 aliphatic rings. The van der Waals surface area contributed by atoms with E-state index in [9.17, 15) is 0 Å². The lowest BCUT2D eigenvalue weighted by atomic mass is 10.2. The van der Waals surface area contributed by atoms with Crippen LogP contribution in [0.2, 0.25) is 0 Å². The third kappa shape index (κ3) is 5.25. The number of rotatable bonds is 7. The van der Waals surface area contributed by atoms with Crippen LogP contribution < -0.4 is 5.32 Å². The fourth-order valence-electron chi connectivity index (χ4n) is 1.65. The zero-order valence-electron chi connectivity index (χ0n) is 12.2. The van der Waals surface area contributed by atoms with Gasteiger partial charge in [-0.2, -0.15) is 11.8 Å². The zero-order valence-corrected chi connectivity index (χ0v) is 13.0. The molecule has 1 unspecified atom stereocenters. The Balaban J connectivity index is 2.60. The molecule has 102 valence electrons. The van der Waals surface area contributed by atoms with Crippen LogP contribution in [-0.2, 0) is 0 Å². The molecule has 1 N–H and O–H groups in total. The van der Waals surface area contributed by atoms with Gasteiger partial charge in [0.2, 0.25) is 0 Å². The van der Waals surface area contributed by atoms with Crippen LogP contribution in [0.25, 0.3) is 0 Å². The first kappa shape index (κ1) is 15.3. The molecule has 0 bridgehead atoms. The normalized spacial score (nSPS) is 12.8. The number of nitrogens with zero attached hydrogens (tertiary/aromatic N) is 2. The summed E-state index contributed by atoms with van der Waals surface area (Å²) < 4.78 is 0. The molecule has 1 aromatic heterocycles. The highest BCUT2D eigenvalue weighted by Gasteiger charge is 2.08. The Labute approximate surface area is 115 Å². The first-order chi connectivity index (χ1) is 8.52. The summed E-state index contributed by atoms with van der Waals surface area (Å²) in [6.07, 6.45) is 1.17. The number of aryl methyl sites for hydroxylation is 1. The highest BCUT2D eigenvalue weighted by molar-refractivity contribution is 7.99. The predicted molar refractivity (Wildman–Crippen MR) is 81.6 cm³/mol. The van der Waals surface area contributed by atoms with E-state index in [0.717, 1.165) is 17.3 Å². The van der Waals surface area contributed by atoms with E-state index < -0.39 is 0 Å². The van der Waals surface area contributed by atoms with E-state index in [1.807, 2.05) is 24.8 Å². The highest BCUT2D eigenvalue weighted by Crippen LogP contribution is 2.15. The number of thioether (sulfide) groups is 1. The lowest BCUT2D eigenvalue weighted by molar-refractivity contribution is 0.741. The molecule has 0 spiro atoms. The lowest BCUT2D eigenvalue weighted by Crippen LogP contribution is -2.18. The van der Waals surface area contributed by atoms with Crippen molar-refractivity contribution in [3.8, 4) is 0 Å². The predicted octanol–water partition coefficient (Wildman–Crippen LogP) is 3.85. The van der Waals surface area contributed by atoms with Gasteiger partial charge in [-0.1, -0.05) is 20.8 Å². The minimum Gasteiger partial charge on any atom is -0.367 e. The smallest absolute Gasteiger partial charge is 0.133 e. The molecule has 1 rings (SSSR count). The molecule has 0 saturated carbocycles. The molecule has 1 aromatic rings. The van der Waals surface area contributed by atoms with Gasteiger partial charge in [-0.15, -0.1) is 0 Å². The van der Waals surface area contributed by atoms with Crippen molar-refractivity contribution in [2.24, 2.45) is 0 Å². The van der Waals surface area contributed by atoms with Crippen molar-refractivity contribution in [1.29, 1.82) is 0 Å². The summed E-state index contributed by atoms with van der Waals surface area (Å²) >= 11 is 1.99. The highest BCUT2D eigenvalue weighted by atomic mass is 32.2. The van der Waals surface area contributed by atoms with E-state index in [2.05, 4.69) is 43.0 Å². The summed E-state index contributed by atoms with van der Waals surface area (Å²) in [6.45, 7) is 10.7. The summed E-state index contributed by atoms with van der Waals surface area (Å²) in [5.74, 6) is 4.65. The van der Waals surface area contributed by atoms with Gasteiger partial charge in [0, 0.05) is 23.7 Å². The number of nitrogens with one attached hydrogen (secondary N) is 1. The molecule has 0 radical (unpaired) electrons. The molecular weight excluding hydrogens is 242 g/mol. The van der Waals surface area contributed by atoms with E-state index in [1.165, 1.54) is 17.9 Å². The minimum absolute atomic E-state index is 0.372. The number of hydrogen-bond donors (Lipinski definition) is 1. The van der Waals surface area contributed by atoms with Gasteiger partial charge in [0.05, 0.1) is 0 Å². The standard InChI is InChI=1S/C14H25N3S/c1-6-18-8-7-11(4)15-13-9-12(5)16-14(17-13)10(2)3/h9-11H,6-8H2,1-5H3,(H,15,16,17). The maximum absolute atomic E-state index is 4.57. The Kier molecular flexibility index (Phi) is 6.47. The minimum atomic E-state index is 0.372. The second kappa shape index (κ2) is 7.62. The van der Waals surface area contributed by atoms with E-state index in [-0.39, 0.29) is 0 Å². The van der Waals surface area contributed by atoms with Crippen LogP contribution in [0.4, 0.5) is 5.82 Å². The Bertz CT molecular complexity index is 366. The summed E-state index contributed by atoms with van der Waals surface area (Å²) in [5.41, 5.74) is 1.03. The summed E-state index contributed by atoms with van der Waals surface area (Å²) in [7, 11) is 0. The molecule has 0 amide bonds. The van der Waals surface area contributed by atoms with Gasteiger partial charge in [-0.25, -0.2) is 9.97 Å². The van der Waals surface area contributed by atoms with Gasteiger partial charge in [0.25, 0.3) is 0 Å². The fraction of sp³-hybridized carbons (Fsp3) is 0.714. The Morgan fingerprint density at radius 2 is 2.00 bits per heavy atom. The second-order valence-corrected chi connectivity index (χ2v) is 6.33. The van der Waals surface area contributed by atoms with Crippen LogP contribution in [0.5, 0.6) is 0 Å². The van der Waals surface area contributed by atoms with Crippen molar-refractivity contribution >= 4 is 17.6 Å². The largest absolute Gasteiger partial charge is 0.367 e. The van der Waals surface area contributed by atoms with Crippen LogP contribution in [0.3, 0.4) is 0 Å². The molecule has 0 saturated heterocycles. The first-order valence-corrected chi connectivity index (χ1v) is 7.88. The number of hydrogen-bond acceptors (Lipinski definition) is 4. The maximum Gasteiger partial charge on any atom is 0.133 e. The zero-order chi connectivity index (χ0) is 13.5. The number of aromatic nitrogens is 2. The third-order valence-corrected chi connectivity index (χ3v) is 3.61. The number of anilines is 1. The molecule has 1 heterocycles. The van der Waals surface area contributed by atoms with E-state index >= 15 is 0 Å². The first-order valence-electron chi connectivity index (χ1n) is 6.72. The van der Waals surface area contributed by atoms with E-state index in [4.69, 9.17) is 0 Å². The van der Waals surface area contributed by atoms with Crippen LogP contribution in [0, 0.1) is 6.92 Å². The van der Waals surface area contributed by atoms with Crippen molar-refractivity contribution in [3.63, 3.8) is 0 Å². The van der Waals surface area contributed by atoms with Gasteiger partial charge in [-0.05, 0) is 31.8 Å². The van der Waals surface area contributed by atoms with Crippen molar-refractivity contribution in [2.45, 2.75) is 53.0 Å². The fourth-order valence-corrected chi connectivity index (χ4v) is 2.46. The Morgan fingerprint density at radius 1 is 1.28 bits per heavy atom.